The molecule has 12 nitrogen and oxygen atoms in total. The third-order valence-corrected chi connectivity index (χ3v) is 10.2. The van der Waals surface area contributed by atoms with Gasteiger partial charge in [-0.2, -0.15) is 0 Å². The van der Waals surface area contributed by atoms with Crippen molar-refractivity contribution in [2.24, 2.45) is 56.4 Å². The molecule has 1 aliphatic rings. The summed E-state index contributed by atoms with van der Waals surface area (Å²) in [6.07, 6.45) is 17.1. The van der Waals surface area contributed by atoms with Gasteiger partial charge in [0.1, 0.15) is 24.8 Å². The zero-order valence-electron chi connectivity index (χ0n) is 30.8. The third kappa shape index (κ3) is 4.97. The molecule has 52 heavy (non-hydrogen) atoms. The van der Waals surface area contributed by atoms with Gasteiger partial charge in [-0.05, 0) is 48.5 Å². The van der Waals surface area contributed by atoms with Gasteiger partial charge in [-0.1, -0.05) is 0 Å². The molecular formula is C40H44N12+4. The van der Waals surface area contributed by atoms with Crippen LogP contribution in [0.5, 0.6) is 0 Å². The van der Waals surface area contributed by atoms with Crippen molar-refractivity contribution in [2.75, 3.05) is 0 Å². The molecule has 0 saturated carbocycles. The molecule has 260 valence electrons. The lowest BCUT2D eigenvalue weighted by molar-refractivity contribution is -0.671. The zero-order chi connectivity index (χ0) is 36.0. The molecule has 9 heterocycles. The normalized spacial score (nSPS) is 13.2. The molecule has 8 bridgehead atoms. The Morgan fingerprint density at radius 2 is 0.577 bits per heavy atom. The van der Waals surface area contributed by atoms with Crippen LogP contribution < -0.4 is 39.7 Å². The number of rotatable bonds is 4. The number of hydrogen-bond donors (Lipinski definition) is 4. The molecule has 8 aromatic rings. The molecule has 0 atom stereocenters. The summed E-state index contributed by atoms with van der Waals surface area (Å²) in [5.41, 5.74) is 12.7. The number of H-pyrrole nitrogens is 4. The van der Waals surface area contributed by atoms with E-state index >= 15 is 0 Å². The van der Waals surface area contributed by atoms with E-state index in [1.807, 2.05) is 0 Å². The summed E-state index contributed by atoms with van der Waals surface area (Å²) in [5, 5.41) is 4.05. The standard InChI is InChI=1S/C40H44N12/c1-45-17-33(49(5)21-45)37-25-9-11-27(41-25)38(34-18-46(2)22-50(34)6)29-13-15-31(43-29)40(36-20-48(4)24-52(36)8)32-16-14-30(44-32)39(28-12-10-26(37)42-28)35-19-47(3)23-51(35)7/h9-24,41-44H,1-8H3/q+4. The fourth-order valence-electron chi connectivity index (χ4n) is 8.01. The highest BCUT2D eigenvalue weighted by Crippen LogP contribution is 2.27. The minimum absolute atomic E-state index is 1.01. The van der Waals surface area contributed by atoms with Crippen molar-refractivity contribution in [1.29, 1.82) is 0 Å². The molecule has 9 rings (SSSR count). The molecule has 8 aromatic heterocycles. The van der Waals surface area contributed by atoms with E-state index in [1.165, 1.54) is 0 Å². The van der Waals surface area contributed by atoms with E-state index in [0.29, 0.717) is 0 Å². The van der Waals surface area contributed by atoms with Gasteiger partial charge in [-0.25, -0.2) is 36.5 Å². The van der Waals surface area contributed by atoms with Crippen molar-refractivity contribution in [3.8, 4) is 0 Å². The number of aromatic amines is 4. The van der Waals surface area contributed by atoms with Gasteiger partial charge >= 0.3 is 0 Å². The first-order chi connectivity index (χ1) is 25.0. The van der Waals surface area contributed by atoms with Crippen molar-refractivity contribution >= 4 is 22.3 Å². The van der Waals surface area contributed by atoms with Crippen molar-refractivity contribution in [3.05, 3.63) is 166 Å². The van der Waals surface area contributed by atoms with Crippen LogP contribution in [-0.4, -0.2) is 38.2 Å². The summed E-state index contributed by atoms with van der Waals surface area (Å²) in [4.78, 5) is 15.5. The van der Waals surface area contributed by atoms with E-state index in [4.69, 9.17) is 0 Å². The van der Waals surface area contributed by atoms with Gasteiger partial charge in [0.25, 0.3) is 0 Å². The molecular weight excluding hydrogens is 649 g/mol. The van der Waals surface area contributed by atoms with Crippen molar-refractivity contribution in [1.82, 2.24) is 38.2 Å². The summed E-state index contributed by atoms with van der Waals surface area (Å²) in [6, 6.07) is 17.6. The highest BCUT2D eigenvalue weighted by atomic mass is 15.1. The molecule has 12 heteroatoms. The second-order valence-corrected chi connectivity index (χ2v) is 14.3. The molecule has 0 aromatic carbocycles. The highest BCUT2D eigenvalue weighted by molar-refractivity contribution is 5.82. The van der Waals surface area contributed by atoms with Gasteiger partial charge in [0.15, 0.2) is 22.8 Å². The number of hydrogen-bond acceptors (Lipinski definition) is 0. The Labute approximate surface area is 300 Å². The lowest BCUT2D eigenvalue weighted by Crippen LogP contribution is -2.24. The van der Waals surface area contributed by atoms with Crippen LogP contribution in [0.4, 0.5) is 0 Å². The van der Waals surface area contributed by atoms with Crippen LogP contribution in [0.25, 0.3) is 22.3 Å². The molecule has 0 saturated heterocycles. The predicted octanol–water partition coefficient (Wildman–Crippen LogP) is -1.05. The van der Waals surface area contributed by atoms with Crippen LogP contribution in [-0.2, 0) is 56.4 Å². The van der Waals surface area contributed by atoms with Crippen LogP contribution >= 0.6 is 0 Å². The number of aryl methyl sites for hydroxylation is 8. The van der Waals surface area contributed by atoms with Gasteiger partial charge in [-0.15, -0.1) is 0 Å². The van der Waals surface area contributed by atoms with E-state index in [-0.39, 0.29) is 0 Å². The lowest BCUT2D eigenvalue weighted by Gasteiger charge is -2.06. The third-order valence-electron chi connectivity index (χ3n) is 10.2. The average Bonchev–Trinajstić information content (AvgIpc) is 3.93. The van der Waals surface area contributed by atoms with Crippen molar-refractivity contribution in [2.45, 2.75) is 0 Å². The van der Waals surface area contributed by atoms with Gasteiger partial charge in [0.05, 0.1) is 123 Å². The first-order valence-electron chi connectivity index (χ1n) is 17.4. The molecule has 0 fully saturated rings. The van der Waals surface area contributed by atoms with E-state index < -0.39 is 0 Å². The predicted molar refractivity (Wildman–Crippen MR) is 194 cm³/mol. The molecule has 1 aliphatic heterocycles. The number of fused-ring (bicyclic) bond motifs is 8. The monoisotopic (exact) mass is 692 g/mol. The van der Waals surface area contributed by atoms with Gasteiger partial charge in [0, 0.05) is 0 Å². The van der Waals surface area contributed by atoms with Crippen LogP contribution in [0.3, 0.4) is 0 Å². The maximum Gasteiger partial charge on any atom is 0.243 e. The summed E-state index contributed by atoms with van der Waals surface area (Å²) in [7, 11) is 16.6. The van der Waals surface area contributed by atoms with E-state index in [2.05, 4.69) is 211 Å². The van der Waals surface area contributed by atoms with Crippen molar-refractivity contribution < 1.29 is 18.3 Å². The average molecular weight is 693 g/mol. The maximum atomic E-state index is 3.88. The first kappa shape index (κ1) is 31.4. The topological polar surface area (TPSA) is 98.4 Å². The Morgan fingerprint density at radius 1 is 0.346 bits per heavy atom. The first-order valence-corrected chi connectivity index (χ1v) is 17.4. The number of nitrogens with zero attached hydrogens (tertiary/aromatic N) is 8. The van der Waals surface area contributed by atoms with Gasteiger partial charge in [-0.3, -0.25) is 0 Å². The largest absolute Gasteiger partial charge is 0.354 e. The molecule has 0 amide bonds. The van der Waals surface area contributed by atoms with Crippen LogP contribution in [0.15, 0.2) is 98.6 Å². The van der Waals surface area contributed by atoms with Crippen LogP contribution in [0.1, 0.15) is 45.6 Å². The highest BCUT2D eigenvalue weighted by Gasteiger charge is 2.26. The summed E-state index contributed by atoms with van der Waals surface area (Å²) < 4.78 is 17.1. The molecule has 4 N–H and O–H groups in total. The second kappa shape index (κ2) is 11.5. The Hall–Kier alpha value is -6.56. The maximum absolute atomic E-state index is 3.88. The van der Waals surface area contributed by atoms with Gasteiger partial charge in [0.2, 0.25) is 25.3 Å². The minimum atomic E-state index is 1.01. The van der Waals surface area contributed by atoms with Crippen LogP contribution in [0, 0.1) is 0 Å². The summed E-state index contributed by atoms with van der Waals surface area (Å²) >= 11 is 0. The second-order valence-electron chi connectivity index (χ2n) is 14.3. The Kier molecular flexibility index (Phi) is 6.94. The van der Waals surface area contributed by atoms with Crippen LogP contribution in [0.2, 0.25) is 0 Å². The minimum Gasteiger partial charge on any atom is -0.354 e. The van der Waals surface area contributed by atoms with Gasteiger partial charge < -0.3 is 19.9 Å². The zero-order valence-corrected chi connectivity index (χ0v) is 30.8. The summed E-state index contributed by atoms with van der Waals surface area (Å²) in [5.74, 6) is 0. The SMILES string of the molecule is Cn1c[n+](C)cc1C1=c2ccc([nH]2)=C(c2c[n+](C)cn2C)c2ccc([nH]2)C(c2c[n+](C)cn2C)=c2ccc([nH]2)=C(c2c[n+](C)cn2C)c2ccc1[nH]2. The smallest absolute Gasteiger partial charge is 0.243 e. The Balaban J connectivity index is 1.46. The Morgan fingerprint density at radius 3 is 0.769 bits per heavy atom. The number of imidazole rings is 4. The molecule has 0 spiro atoms. The number of aromatic nitrogens is 12. The van der Waals surface area contributed by atoms with E-state index in [0.717, 1.165) is 89.2 Å². The quantitative estimate of drug-likeness (QED) is 0.170. The fraction of sp³-hybridized carbons (Fsp3) is 0.200. The Bertz CT molecular complexity index is 2560. The molecule has 0 radical (unpaired) electrons. The number of nitrogens with one attached hydrogen (secondary N) is 4. The van der Waals surface area contributed by atoms with E-state index in [9.17, 15) is 0 Å². The van der Waals surface area contributed by atoms with Crippen molar-refractivity contribution in [3.63, 3.8) is 0 Å². The molecule has 0 aliphatic carbocycles. The van der Waals surface area contributed by atoms with E-state index in [1.54, 1.807) is 0 Å². The lowest BCUT2D eigenvalue weighted by atomic mass is 10.1. The molecule has 0 unspecified atom stereocenters. The summed E-state index contributed by atoms with van der Waals surface area (Å²) in [6.45, 7) is 0. The fourth-order valence-corrected chi connectivity index (χ4v) is 8.01.